The van der Waals surface area contributed by atoms with Crippen LogP contribution in [0.1, 0.15) is 45.8 Å². The number of anilines is 1. The van der Waals surface area contributed by atoms with Crippen LogP contribution in [0.25, 0.3) is 11.0 Å². The molecule has 0 fully saturated rings. The molecule has 0 aliphatic rings. The molecule has 2 aromatic heterocycles. The number of hydrogen-bond acceptors (Lipinski definition) is 6. The highest BCUT2D eigenvalue weighted by Crippen LogP contribution is 2.38. The fourth-order valence-corrected chi connectivity index (χ4v) is 4.15. The minimum atomic E-state index is -3.61. The standard InChI is InChI=1S/C21H26N4O4S/c1-5-13-30(27,28)24-19-20(23-17-11-7-6-10-16(17)22-19)29-18(21(2,3)4)15-9-8-12-25(26)14-15/h6-12,14,18H,5,13H2,1-4H3,(H,22,24). The number of aromatic nitrogens is 3. The summed E-state index contributed by atoms with van der Waals surface area (Å²) in [5.41, 5.74) is 1.35. The lowest BCUT2D eigenvalue weighted by Crippen LogP contribution is -2.30. The van der Waals surface area contributed by atoms with Crippen LogP contribution in [0.5, 0.6) is 5.88 Å². The number of nitrogens with one attached hydrogen (secondary N) is 1. The Bertz CT molecular complexity index is 1140. The van der Waals surface area contributed by atoms with Gasteiger partial charge in [-0.2, -0.15) is 4.73 Å². The Kier molecular flexibility index (Phi) is 6.12. The summed E-state index contributed by atoms with van der Waals surface area (Å²) in [6, 6.07) is 10.6. The van der Waals surface area contributed by atoms with Gasteiger partial charge in [0.1, 0.15) is 6.10 Å². The van der Waals surface area contributed by atoms with Crippen LogP contribution in [0.15, 0.2) is 48.8 Å². The van der Waals surface area contributed by atoms with E-state index in [2.05, 4.69) is 14.7 Å². The molecule has 1 aromatic carbocycles. The molecule has 0 spiro atoms. The van der Waals surface area contributed by atoms with Gasteiger partial charge in [-0.05, 0) is 24.6 Å². The minimum absolute atomic E-state index is 0.0299. The molecule has 0 saturated carbocycles. The molecule has 3 aromatic rings. The first kappa shape index (κ1) is 21.8. The lowest BCUT2D eigenvalue weighted by molar-refractivity contribution is -0.606. The van der Waals surface area contributed by atoms with Gasteiger partial charge in [-0.15, -0.1) is 0 Å². The maximum absolute atomic E-state index is 12.4. The highest BCUT2D eigenvalue weighted by atomic mass is 32.2. The number of para-hydroxylation sites is 2. The third kappa shape index (κ3) is 5.15. The second-order valence-corrected chi connectivity index (χ2v) is 9.99. The van der Waals surface area contributed by atoms with Crippen LogP contribution in [0.2, 0.25) is 0 Å². The molecule has 0 amide bonds. The van der Waals surface area contributed by atoms with Gasteiger partial charge in [-0.3, -0.25) is 4.72 Å². The van der Waals surface area contributed by atoms with Crippen molar-refractivity contribution < 1.29 is 17.9 Å². The molecule has 0 radical (unpaired) electrons. The summed E-state index contributed by atoms with van der Waals surface area (Å²) in [6.07, 6.45) is 2.73. The van der Waals surface area contributed by atoms with E-state index in [1.165, 1.54) is 12.4 Å². The van der Waals surface area contributed by atoms with Crippen LogP contribution in [0, 0.1) is 10.6 Å². The Hall–Kier alpha value is -2.94. The van der Waals surface area contributed by atoms with Crippen LogP contribution in [0.3, 0.4) is 0 Å². The van der Waals surface area contributed by atoms with E-state index in [0.29, 0.717) is 27.7 Å². The van der Waals surface area contributed by atoms with Crippen molar-refractivity contribution in [3.8, 4) is 5.88 Å². The van der Waals surface area contributed by atoms with Gasteiger partial charge in [0.2, 0.25) is 15.8 Å². The van der Waals surface area contributed by atoms with Crippen LogP contribution >= 0.6 is 0 Å². The van der Waals surface area contributed by atoms with E-state index >= 15 is 0 Å². The summed E-state index contributed by atoms with van der Waals surface area (Å²) in [5, 5.41) is 11.8. The Labute approximate surface area is 176 Å². The molecule has 3 rings (SSSR count). The molecule has 0 aliphatic heterocycles. The van der Waals surface area contributed by atoms with Gasteiger partial charge in [-0.1, -0.05) is 39.8 Å². The summed E-state index contributed by atoms with van der Waals surface area (Å²) < 4.78 is 34.3. The molecule has 0 bridgehead atoms. The van der Waals surface area contributed by atoms with Crippen molar-refractivity contribution in [2.75, 3.05) is 10.5 Å². The zero-order valence-corrected chi connectivity index (χ0v) is 18.3. The second-order valence-electron chi connectivity index (χ2n) is 8.15. The normalized spacial score (nSPS) is 13.2. The number of sulfonamides is 1. The van der Waals surface area contributed by atoms with E-state index in [4.69, 9.17) is 4.74 Å². The van der Waals surface area contributed by atoms with Gasteiger partial charge < -0.3 is 9.94 Å². The predicted molar refractivity (Wildman–Crippen MR) is 115 cm³/mol. The van der Waals surface area contributed by atoms with Crippen molar-refractivity contribution in [2.45, 2.75) is 40.2 Å². The number of pyridine rings is 1. The van der Waals surface area contributed by atoms with Crippen molar-refractivity contribution in [2.24, 2.45) is 5.41 Å². The number of benzene rings is 1. The van der Waals surface area contributed by atoms with Crippen molar-refractivity contribution in [3.63, 3.8) is 0 Å². The summed E-state index contributed by atoms with van der Waals surface area (Å²) in [6.45, 7) is 7.69. The molecule has 2 heterocycles. The Balaban J connectivity index is 2.10. The number of rotatable bonds is 7. The van der Waals surface area contributed by atoms with E-state index in [0.717, 1.165) is 0 Å². The Morgan fingerprint density at radius 1 is 1.13 bits per heavy atom. The SMILES string of the molecule is CCCS(=O)(=O)Nc1nc2ccccc2nc1OC(c1ccc[n+]([O-])c1)C(C)(C)C. The maximum atomic E-state index is 12.4. The highest BCUT2D eigenvalue weighted by Gasteiger charge is 2.32. The zero-order chi connectivity index (χ0) is 21.9. The molecule has 1 unspecified atom stereocenters. The zero-order valence-electron chi connectivity index (χ0n) is 17.5. The third-order valence-electron chi connectivity index (χ3n) is 4.38. The van der Waals surface area contributed by atoms with Gasteiger partial charge in [0.15, 0.2) is 12.4 Å². The van der Waals surface area contributed by atoms with Crippen LogP contribution in [-0.4, -0.2) is 24.1 Å². The van der Waals surface area contributed by atoms with E-state index in [-0.39, 0.29) is 17.5 Å². The minimum Gasteiger partial charge on any atom is -0.619 e. The van der Waals surface area contributed by atoms with Gasteiger partial charge in [-0.25, -0.2) is 18.4 Å². The topological polar surface area (TPSA) is 108 Å². The van der Waals surface area contributed by atoms with Crippen LogP contribution < -0.4 is 14.2 Å². The smallest absolute Gasteiger partial charge is 0.259 e. The monoisotopic (exact) mass is 430 g/mol. The van der Waals surface area contributed by atoms with E-state index < -0.39 is 21.5 Å². The number of nitrogens with zero attached hydrogens (tertiary/aromatic N) is 3. The van der Waals surface area contributed by atoms with E-state index in [1.807, 2.05) is 26.8 Å². The summed E-state index contributed by atoms with van der Waals surface area (Å²) in [7, 11) is -3.61. The van der Waals surface area contributed by atoms with Crippen molar-refractivity contribution >= 4 is 26.9 Å². The van der Waals surface area contributed by atoms with Gasteiger partial charge in [0, 0.05) is 11.5 Å². The molecular weight excluding hydrogens is 404 g/mol. The van der Waals surface area contributed by atoms with E-state index in [9.17, 15) is 13.6 Å². The molecule has 30 heavy (non-hydrogen) atoms. The van der Waals surface area contributed by atoms with E-state index in [1.54, 1.807) is 37.3 Å². The number of fused-ring (bicyclic) bond motifs is 1. The second kappa shape index (κ2) is 8.43. The first-order valence-electron chi connectivity index (χ1n) is 9.72. The molecule has 8 nitrogen and oxygen atoms in total. The van der Waals surface area contributed by atoms with Crippen molar-refractivity contribution in [1.82, 2.24) is 9.97 Å². The lowest BCUT2D eigenvalue weighted by Gasteiger charge is -2.30. The molecule has 0 saturated heterocycles. The average Bonchev–Trinajstić information content (AvgIpc) is 2.64. The Morgan fingerprint density at radius 2 is 1.80 bits per heavy atom. The van der Waals surface area contributed by atoms with Gasteiger partial charge in [0.05, 0.1) is 22.3 Å². The first-order chi connectivity index (χ1) is 14.1. The molecule has 1 N–H and O–H groups in total. The van der Waals surface area contributed by atoms with Gasteiger partial charge >= 0.3 is 0 Å². The Morgan fingerprint density at radius 3 is 2.40 bits per heavy atom. The number of ether oxygens (including phenoxy) is 1. The molecule has 0 aliphatic carbocycles. The maximum Gasteiger partial charge on any atom is 0.259 e. The lowest BCUT2D eigenvalue weighted by atomic mass is 9.85. The fraction of sp³-hybridized carbons (Fsp3) is 0.381. The highest BCUT2D eigenvalue weighted by molar-refractivity contribution is 7.92. The summed E-state index contributed by atoms with van der Waals surface area (Å²) >= 11 is 0. The van der Waals surface area contributed by atoms with Crippen molar-refractivity contribution in [3.05, 3.63) is 59.6 Å². The quantitative estimate of drug-likeness (QED) is 0.453. The molecule has 1 atom stereocenters. The predicted octanol–water partition coefficient (Wildman–Crippen LogP) is 3.58. The van der Waals surface area contributed by atoms with Crippen molar-refractivity contribution in [1.29, 1.82) is 0 Å². The van der Waals surface area contributed by atoms with Crippen LogP contribution in [0.4, 0.5) is 5.82 Å². The third-order valence-corrected chi connectivity index (χ3v) is 5.83. The largest absolute Gasteiger partial charge is 0.619 e. The van der Waals surface area contributed by atoms with Crippen LogP contribution in [-0.2, 0) is 10.0 Å². The summed E-state index contributed by atoms with van der Waals surface area (Å²) in [5.74, 6) is 0.0512. The molecule has 160 valence electrons. The molecule has 9 heteroatoms. The fourth-order valence-electron chi connectivity index (χ4n) is 3.08. The van der Waals surface area contributed by atoms with Gasteiger partial charge in [0.25, 0.3) is 5.88 Å². The number of hydrogen-bond donors (Lipinski definition) is 1. The summed E-state index contributed by atoms with van der Waals surface area (Å²) in [4.78, 5) is 8.97. The first-order valence-corrected chi connectivity index (χ1v) is 11.4. The molecular formula is C21H26N4O4S. The average molecular weight is 431 g/mol.